The van der Waals surface area contributed by atoms with Crippen molar-refractivity contribution in [3.8, 4) is 0 Å². The number of nitrogens with zero attached hydrogens (tertiary/aromatic N) is 3. The molecule has 3 amide bonds. The number of rotatable bonds is 6. The number of anilines is 1. The van der Waals surface area contributed by atoms with Gasteiger partial charge in [-0.25, -0.2) is 4.79 Å². The molecule has 8 nitrogen and oxygen atoms in total. The number of carbonyl (C=O) groups is 2. The first-order chi connectivity index (χ1) is 14.3. The van der Waals surface area contributed by atoms with E-state index in [2.05, 4.69) is 41.8 Å². The van der Waals surface area contributed by atoms with Crippen LogP contribution in [0.2, 0.25) is 0 Å². The highest BCUT2D eigenvalue weighted by atomic mass is 16.2. The van der Waals surface area contributed by atoms with Crippen molar-refractivity contribution in [2.75, 3.05) is 26.0 Å². The Kier molecular flexibility index (Phi) is 6.77. The summed E-state index contributed by atoms with van der Waals surface area (Å²) in [6.45, 7) is 8.35. The molecule has 3 N–H and O–H groups in total. The monoisotopic (exact) mass is 412 g/mol. The number of nitrogens with one attached hydrogen (secondary N) is 3. The molecule has 1 atom stereocenters. The lowest BCUT2D eigenvalue weighted by Crippen LogP contribution is -2.31. The third-order valence-corrected chi connectivity index (χ3v) is 5.39. The van der Waals surface area contributed by atoms with E-state index < -0.39 is 0 Å². The Morgan fingerprint density at radius 2 is 1.97 bits per heavy atom. The van der Waals surface area contributed by atoms with Crippen molar-refractivity contribution in [3.05, 3.63) is 46.8 Å². The van der Waals surface area contributed by atoms with Gasteiger partial charge >= 0.3 is 6.03 Å². The maximum atomic E-state index is 12.9. The molecule has 0 radical (unpaired) electrons. The van der Waals surface area contributed by atoms with E-state index >= 15 is 0 Å². The normalized spacial score (nSPS) is 15.6. The summed E-state index contributed by atoms with van der Waals surface area (Å²) in [5, 5.41) is 13.9. The third kappa shape index (κ3) is 4.64. The highest BCUT2D eigenvalue weighted by molar-refractivity contribution is 5.94. The van der Waals surface area contributed by atoms with Crippen molar-refractivity contribution in [1.29, 1.82) is 0 Å². The summed E-state index contributed by atoms with van der Waals surface area (Å²) in [6, 6.07) is 7.46. The zero-order valence-electron chi connectivity index (χ0n) is 18.5. The Balaban J connectivity index is 1.70. The molecule has 0 saturated heterocycles. The molecule has 0 saturated carbocycles. The van der Waals surface area contributed by atoms with Crippen LogP contribution in [0.25, 0.3) is 0 Å². The maximum Gasteiger partial charge on any atom is 0.321 e. The van der Waals surface area contributed by atoms with Gasteiger partial charge in [-0.05, 0) is 38.0 Å². The summed E-state index contributed by atoms with van der Waals surface area (Å²) >= 11 is 0. The quantitative estimate of drug-likeness (QED) is 0.680. The average Bonchev–Trinajstić information content (AvgIpc) is 3.13. The lowest BCUT2D eigenvalue weighted by Gasteiger charge is -2.25. The molecule has 2 aromatic rings. The zero-order chi connectivity index (χ0) is 21.8. The van der Waals surface area contributed by atoms with Crippen LogP contribution in [-0.2, 0) is 13.1 Å². The molecule has 8 heteroatoms. The van der Waals surface area contributed by atoms with Gasteiger partial charge in [-0.1, -0.05) is 19.1 Å². The van der Waals surface area contributed by atoms with Crippen LogP contribution in [-0.4, -0.2) is 47.3 Å². The highest BCUT2D eigenvalue weighted by Crippen LogP contribution is 2.31. The predicted molar refractivity (Wildman–Crippen MR) is 118 cm³/mol. The predicted octanol–water partition coefficient (Wildman–Crippen LogP) is 3.08. The van der Waals surface area contributed by atoms with E-state index in [4.69, 9.17) is 0 Å². The largest absolute Gasteiger partial charge is 0.347 e. The minimum atomic E-state index is -0.180. The number of aromatic nitrogens is 2. The van der Waals surface area contributed by atoms with E-state index in [1.54, 1.807) is 14.1 Å². The second-order valence-corrected chi connectivity index (χ2v) is 8.19. The minimum Gasteiger partial charge on any atom is -0.347 e. The summed E-state index contributed by atoms with van der Waals surface area (Å²) in [6.07, 6.45) is 1.01. The first kappa shape index (κ1) is 21.8. The first-order valence-corrected chi connectivity index (χ1v) is 10.5. The van der Waals surface area contributed by atoms with Gasteiger partial charge in [0, 0.05) is 62.6 Å². The fourth-order valence-electron chi connectivity index (χ4n) is 3.68. The highest BCUT2D eigenvalue weighted by Gasteiger charge is 2.30. The van der Waals surface area contributed by atoms with E-state index in [-0.39, 0.29) is 18.0 Å². The second kappa shape index (κ2) is 9.30. The maximum absolute atomic E-state index is 12.9. The molecule has 1 unspecified atom stereocenters. The summed E-state index contributed by atoms with van der Waals surface area (Å²) < 4.78 is 2.02. The van der Waals surface area contributed by atoms with Gasteiger partial charge in [0.1, 0.15) is 0 Å². The summed E-state index contributed by atoms with van der Waals surface area (Å²) in [7, 11) is 3.38. The molecule has 2 heterocycles. The SMILES string of the molecule is CCC1CNCc2c(C(=O)NCc3ccc(NC(=O)N(C)C)cc3)nn(C(C)C)c21. The summed E-state index contributed by atoms with van der Waals surface area (Å²) in [5.74, 6) is 0.212. The number of fused-ring (bicyclic) bond motifs is 1. The van der Waals surface area contributed by atoms with E-state index in [0.717, 1.165) is 24.1 Å². The van der Waals surface area contributed by atoms with E-state index in [0.29, 0.717) is 30.4 Å². The lowest BCUT2D eigenvalue weighted by molar-refractivity contribution is 0.0943. The van der Waals surface area contributed by atoms with Crippen molar-refractivity contribution >= 4 is 17.6 Å². The van der Waals surface area contributed by atoms with Gasteiger partial charge in [0.2, 0.25) is 0 Å². The fourth-order valence-corrected chi connectivity index (χ4v) is 3.68. The van der Waals surface area contributed by atoms with Gasteiger partial charge in [-0.2, -0.15) is 5.10 Å². The van der Waals surface area contributed by atoms with E-state index in [1.165, 1.54) is 10.6 Å². The number of hydrogen-bond donors (Lipinski definition) is 3. The molecule has 1 aromatic carbocycles. The smallest absolute Gasteiger partial charge is 0.321 e. The van der Waals surface area contributed by atoms with Crippen molar-refractivity contribution in [2.24, 2.45) is 0 Å². The Hall–Kier alpha value is -2.87. The van der Waals surface area contributed by atoms with Gasteiger partial charge in [-0.15, -0.1) is 0 Å². The third-order valence-electron chi connectivity index (χ3n) is 5.39. The Morgan fingerprint density at radius 3 is 2.57 bits per heavy atom. The molecule has 0 bridgehead atoms. The first-order valence-electron chi connectivity index (χ1n) is 10.5. The van der Waals surface area contributed by atoms with Crippen LogP contribution in [0.5, 0.6) is 0 Å². The van der Waals surface area contributed by atoms with Crippen LogP contribution in [0.4, 0.5) is 10.5 Å². The topological polar surface area (TPSA) is 91.3 Å². The molecule has 0 fully saturated rings. The molecule has 1 aliphatic heterocycles. The molecule has 0 spiro atoms. The standard InChI is InChI=1S/C22H32N6O2/c1-6-16-12-23-13-18-19(26-28(14(2)3)20(16)18)21(29)24-11-15-7-9-17(10-8-15)25-22(30)27(4)5/h7-10,14,16,23H,6,11-13H2,1-5H3,(H,24,29)(H,25,30). The van der Waals surface area contributed by atoms with Gasteiger partial charge in [0.25, 0.3) is 5.91 Å². The number of hydrogen-bond acceptors (Lipinski definition) is 4. The second-order valence-electron chi connectivity index (χ2n) is 8.19. The molecular weight excluding hydrogens is 380 g/mol. The van der Waals surface area contributed by atoms with Crippen LogP contribution in [0.1, 0.15) is 66.5 Å². The van der Waals surface area contributed by atoms with E-state index in [9.17, 15) is 9.59 Å². The summed E-state index contributed by atoms with van der Waals surface area (Å²) in [5.41, 5.74) is 4.38. The average molecular weight is 413 g/mol. The number of urea groups is 1. The zero-order valence-corrected chi connectivity index (χ0v) is 18.5. The molecule has 1 aliphatic rings. The van der Waals surface area contributed by atoms with Crippen LogP contribution in [0.15, 0.2) is 24.3 Å². The lowest BCUT2D eigenvalue weighted by atomic mass is 9.93. The van der Waals surface area contributed by atoms with Crippen LogP contribution in [0.3, 0.4) is 0 Å². The summed E-state index contributed by atoms with van der Waals surface area (Å²) in [4.78, 5) is 26.1. The van der Waals surface area contributed by atoms with Crippen LogP contribution < -0.4 is 16.0 Å². The Morgan fingerprint density at radius 1 is 1.27 bits per heavy atom. The molecular formula is C22H32N6O2. The fraction of sp³-hybridized carbons (Fsp3) is 0.500. The van der Waals surface area contributed by atoms with Gasteiger partial charge in [0.15, 0.2) is 5.69 Å². The number of carbonyl (C=O) groups excluding carboxylic acids is 2. The van der Waals surface area contributed by atoms with Crippen molar-refractivity contribution < 1.29 is 9.59 Å². The number of benzene rings is 1. The molecule has 1 aromatic heterocycles. The molecule has 3 rings (SSSR count). The molecule has 30 heavy (non-hydrogen) atoms. The van der Waals surface area contributed by atoms with Crippen molar-refractivity contribution in [1.82, 2.24) is 25.3 Å². The van der Waals surface area contributed by atoms with Crippen molar-refractivity contribution in [2.45, 2.75) is 52.2 Å². The van der Waals surface area contributed by atoms with E-state index in [1.807, 2.05) is 28.9 Å². The Bertz CT molecular complexity index is 901. The van der Waals surface area contributed by atoms with Gasteiger partial charge < -0.3 is 20.9 Å². The minimum absolute atomic E-state index is 0.158. The van der Waals surface area contributed by atoms with Gasteiger partial charge in [-0.3, -0.25) is 9.48 Å². The van der Waals surface area contributed by atoms with Crippen LogP contribution >= 0.6 is 0 Å². The number of amides is 3. The van der Waals surface area contributed by atoms with Crippen LogP contribution in [0, 0.1) is 0 Å². The molecule has 162 valence electrons. The Labute approximate surface area is 178 Å². The van der Waals surface area contributed by atoms with Crippen molar-refractivity contribution in [3.63, 3.8) is 0 Å². The van der Waals surface area contributed by atoms with Gasteiger partial charge in [0.05, 0.1) is 0 Å². The molecule has 0 aliphatic carbocycles.